The number of aliphatic hydroxyl groups is 4. The molecule has 0 radical (unpaired) electrons. The van der Waals surface area contributed by atoms with Gasteiger partial charge in [0.1, 0.15) is 41.7 Å². The Morgan fingerprint density at radius 1 is 0.737 bits per heavy atom. The zero-order chi connectivity index (χ0) is 27.1. The summed E-state index contributed by atoms with van der Waals surface area (Å²) in [4.78, 5) is 23.9. The van der Waals surface area contributed by atoms with Gasteiger partial charge in [0.05, 0.1) is 19.8 Å². The first-order chi connectivity index (χ1) is 18.4. The summed E-state index contributed by atoms with van der Waals surface area (Å²) in [6, 6.07) is 13.6. The van der Waals surface area contributed by atoms with E-state index in [1.54, 1.807) is 48.5 Å². The molecule has 1 fully saturated rings. The Bertz CT molecular complexity index is 1130. The van der Waals surface area contributed by atoms with E-state index in [0.717, 1.165) is 25.7 Å². The minimum atomic E-state index is -1.50. The van der Waals surface area contributed by atoms with Crippen LogP contribution in [-0.2, 0) is 14.3 Å². The second kappa shape index (κ2) is 13.0. The molecule has 1 saturated heterocycles. The van der Waals surface area contributed by atoms with E-state index in [0.29, 0.717) is 41.6 Å². The summed E-state index contributed by atoms with van der Waals surface area (Å²) in [6.07, 6.45) is -1.97. The Labute approximate surface area is 220 Å². The van der Waals surface area contributed by atoms with Gasteiger partial charge in [-0.15, -0.1) is 0 Å². The van der Waals surface area contributed by atoms with Crippen molar-refractivity contribution in [3.05, 3.63) is 65.7 Å². The van der Waals surface area contributed by atoms with Gasteiger partial charge in [-0.05, 0) is 49.9 Å². The predicted molar refractivity (Wildman–Crippen MR) is 135 cm³/mol. The van der Waals surface area contributed by atoms with Crippen molar-refractivity contribution in [2.24, 2.45) is 0 Å². The molecule has 38 heavy (non-hydrogen) atoms. The van der Waals surface area contributed by atoms with Gasteiger partial charge in [0.2, 0.25) is 17.9 Å². The molecule has 0 bridgehead atoms. The third-order valence-corrected chi connectivity index (χ3v) is 6.41. The highest BCUT2D eigenvalue weighted by molar-refractivity contribution is 6.50. The van der Waals surface area contributed by atoms with E-state index in [1.807, 2.05) is 0 Å². The third-order valence-electron chi connectivity index (χ3n) is 6.41. The number of ether oxygens (including phenoxy) is 4. The molecule has 4 N–H and O–H groups in total. The first-order valence-electron chi connectivity index (χ1n) is 12.6. The number of benzene rings is 2. The Hall–Kier alpha value is -3.28. The van der Waals surface area contributed by atoms with Crippen molar-refractivity contribution in [3.63, 3.8) is 0 Å². The summed E-state index contributed by atoms with van der Waals surface area (Å²) in [5.74, 6) is 0.362. The van der Waals surface area contributed by atoms with Crippen LogP contribution >= 0.6 is 0 Å². The Morgan fingerprint density at radius 3 is 2.05 bits per heavy atom. The standard InChI is InChI=1S/C28H32O10/c29-16-23-25(32)26(33)27(34)28(38-23)37-18-11-9-17(10-12-18)35-13-5-1-2-6-14-36-22-15-21(30)24(31)20-8-4-3-7-19(20)22/h3-4,7-12,15,23,25-29,32-34H,1-2,5-6,13-14,16H2. The molecule has 2 aliphatic rings. The lowest BCUT2D eigenvalue weighted by atomic mass is 9.94. The number of hydrogen-bond donors (Lipinski definition) is 4. The first kappa shape index (κ1) is 27.7. The molecule has 0 amide bonds. The molecule has 5 atom stereocenters. The molecule has 0 spiro atoms. The van der Waals surface area contributed by atoms with Crippen molar-refractivity contribution >= 4 is 17.3 Å². The van der Waals surface area contributed by atoms with Crippen molar-refractivity contribution in [1.82, 2.24) is 0 Å². The van der Waals surface area contributed by atoms with Crippen LogP contribution in [0.1, 0.15) is 41.6 Å². The minimum Gasteiger partial charge on any atom is -0.494 e. The van der Waals surface area contributed by atoms with Crippen molar-refractivity contribution in [2.45, 2.75) is 56.4 Å². The van der Waals surface area contributed by atoms with Gasteiger partial charge in [-0.1, -0.05) is 24.3 Å². The van der Waals surface area contributed by atoms with E-state index in [9.17, 15) is 30.0 Å². The van der Waals surface area contributed by atoms with E-state index in [2.05, 4.69) is 0 Å². The number of ketones is 2. The quantitative estimate of drug-likeness (QED) is 0.236. The zero-order valence-corrected chi connectivity index (χ0v) is 20.8. The highest BCUT2D eigenvalue weighted by atomic mass is 16.7. The molecule has 10 heteroatoms. The van der Waals surface area contributed by atoms with Crippen LogP contribution in [0.2, 0.25) is 0 Å². The van der Waals surface area contributed by atoms with E-state index < -0.39 is 48.9 Å². The summed E-state index contributed by atoms with van der Waals surface area (Å²) >= 11 is 0. The number of hydrogen-bond acceptors (Lipinski definition) is 10. The first-order valence-corrected chi connectivity index (χ1v) is 12.6. The van der Waals surface area contributed by atoms with Crippen LogP contribution in [0, 0.1) is 0 Å². The van der Waals surface area contributed by atoms with Gasteiger partial charge in [0.15, 0.2) is 0 Å². The highest BCUT2D eigenvalue weighted by Crippen LogP contribution is 2.27. The number of aliphatic hydroxyl groups excluding tert-OH is 4. The predicted octanol–water partition coefficient (Wildman–Crippen LogP) is 1.63. The maximum atomic E-state index is 12.0. The van der Waals surface area contributed by atoms with Crippen LogP contribution in [0.3, 0.4) is 0 Å². The van der Waals surface area contributed by atoms with Crippen LogP contribution in [0.5, 0.6) is 11.5 Å². The van der Waals surface area contributed by atoms with Gasteiger partial charge in [-0.2, -0.15) is 0 Å². The molecule has 1 aliphatic carbocycles. The lowest BCUT2D eigenvalue weighted by molar-refractivity contribution is -0.277. The third kappa shape index (κ3) is 6.58. The number of carbonyl (C=O) groups is 2. The van der Waals surface area contributed by atoms with Crippen LogP contribution < -0.4 is 9.47 Å². The van der Waals surface area contributed by atoms with Crippen LogP contribution in [0.25, 0.3) is 5.76 Å². The normalized spacial score (nSPS) is 24.9. The summed E-state index contributed by atoms with van der Waals surface area (Å²) in [7, 11) is 0. The fraction of sp³-hybridized carbons (Fsp3) is 0.429. The Kier molecular flexibility index (Phi) is 9.48. The van der Waals surface area contributed by atoms with Crippen molar-refractivity contribution in [2.75, 3.05) is 19.8 Å². The molecular weight excluding hydrogens is 496 g/mol. The molecule has 0 saturated carbocycles. The molecule has 0 aromatic heterocycles. The molecule has 4 rings (SSSR count). The van der Waals surface area contributed by atoms with Gasteiger partial charge in [0.25, 0.3) is 0 Å². The van der Waals surface area contributed by atoms with Gasteiger partial charge >= 0.3 is 0 Å². The summed E-state index contributed by atoms with van der Waals surface area (Å²) in [5.41, 5.74) is 1.02. The van der Waals surface area contributed by atoms with E-state index in [4.69, 9.17) is 18.9 Å². The molecule has 10 nitrogen and oxygen atoms in total. The van der Waals surface area contributed by atoms with Crippen molar-refractivity contribution < 1.29 is 49.0 Å². The number of carbonyl (C=O) groups excluding carboxylic acids is 2. The van der Waals surface area contributed by atoms with Crippen LogP contribution in [0.15, 0.2) is 54.6 Å². The van der Waals surface area contributed by atoms with Crippen LogP contribution in [0.4, 0.5) is 0 Å². The number of fused-ring (bicyclic) bond motifs is 1. The molecule has 1 aliphatic heterocycles. The molecule has 1 heterocycles. The molecular formula is C28H32O10. The smallest absolute Gasteiger partial charge is 0.233 e. The van der Waals surface area contributed by atoms with E-state index >= 15 is 0 Å². The second-order valence-corrected chi connectivity index (χ2v) is 9.15. The summed E-state index contributed by atoms with van der Waals surface area (Å²) in [6.45, 7) is 0.432. The Balaban J connectivity index is 1.12. The number of unbranched alkanes of at least 4 members (excludes halogenated alkanes) is 3. The maximum Gasteiger partial charge on any atom is 0.233 e. The van der Waals surface area contributed by atoms with Crippen LogP contribution in [-0.4, -0.2) is 82.5 Å². The number of Topliss-reactive ketones (excluding diaryl/α,β-unsaturated/α-hetero) is 1. The number of rotatable bonds is 12. The monoisotopic (exact) mass is 528 g/mol. The lowest BCUT2D eigenvalue weighted by Crippen LogP contribution is -2.60. The summed E-state index contributed by atoms with van der Waals surface area (Å²) in [5, 5.41) is 39.1. The fourth-order valence-corrected chi connectivity index (χ4v) is 4.25. The van der Waals surface area contributed by atoms with E-state index in [-0.39, 0.29) is 0 Å². The SMILES string of the molecule is O=C1C=C(OCCCCCCOc2ccc(OC3OC(CO)C(O)C(O)C3O)cc2)c2ccccc2C1=O. The summed E-state index contributed by atoms with van der Waals surface area (Å²) < 4.78 is 22.4. The average molecular weight is 529 g/mol. The lowest BCUT2D eigenvalue weighted by Gasteiger charge is -2.39. The molecule has 2 aromatic rings. The van der Waals surface area contributed by atoms with Gasteiger partial charge in [-0.3, -0.25) is 9.59 Å². The highest BCUT2D eigenvalue weighted by Gasteiger charge is 2.44. The largest absolute Gasteiger partial charge is 0.494 e. The van der Waals surface area contributed by atoms with E-state index in [1.165, 1.54) is 6.08 Å². The molecule has 5 unspecified atom stereocenters. The average Bonchev–Trinajstić information content (AvgIpc) is 2.94. The van der Waals surface area contributed by atoms with Gasteiger partial charge in [0, 0.05) is 17.2 Å². The number of allylic oxidation sites excluding steroid dienone is 1. The Morgan fingerprint density at radius 2 is 1.37 bits per heavy atom. The van der Waals surface area contributed by atoms with Crippen molar-refractivity contribution in [1.29, 1.82) is 0 Å². The second-order valence-electron chi connectivity index (χ2n) is 9.15. The minimum absolute atomic E-state index is 0.364. The van der Waals surface area contributed by atoms with Gasteiger partial charge in [-0.25, -0.2) is 0 Å². The maximum absolute atomic E-state index is 12.0. The van der Waals surface area contributed by atoms with Crippen molar-refractivity contribution in [3.8, 4) is 11.5 Å². The molecule has 204 valence electrons. The molecule has 2 aromatic carbocycles. The topological polar surface area (TPSA) is 152 Å². The fourth-order valence-electron chi connectivity index (χ4n) is 4.25. The zero-order valence-electron chi connectivity index (χ0n) is 20.8. The van der Waals surface area contributed by atoms with Gasteiger partial charge < -0.3 is 39.4 Å².